The molecule has 0 saturated carbocycles. The van der Waals surface area contributed by atoms with Crippen LogP contribution < -0.4 is 0 Å². The maximum absolute atomic E-state index is 9.43. The predicted octanol–water partition coefficient (Wildman–Crippen LogP) is 4.91. The smallest absolute Gasteiger partial charge is 0.115 e. The fraction of sp³-hybridized carbons (Fsp3) is 0.478. The molecule has 3 rings (SSSR count). The predicted molar refractivity (Wildman–Crippen MR) is 105 cm³/mol. The van der Waals surface area contributed by atoms with E-state index in [1.807, 2.05) is 12.1 Å². The molecule has 2 atom stereocenters. The molecule has 1 fully saturated rings. The third kappa shape index (κ3) is 5.09. The van der Waals surface area contributed by atoms with Gasteiger partial charge in [-0.25, -0.2) is 0 Å². The number of rotatable bonds is 6. The monoisotopic (exact) mass is 337 g/mol. The van der Waals surface area contributed by atoms with Gasteiger partial charge in [0, 0.05) is 6.04 Å². The second-order valence-corrected chi connectivity index (χ2v) is 7.76. The molecule has 2 nitrogen and oxygen atoms in total. The number of phenolic OH excluding ortho intramolecular Hbond substituents is 1. The van der Waals surface area contributed by atoms with Crippen molar-refractivity contribution in [3.05, 3.63) is 65.7 Å². The summed E-state index contributed by atoms with van der Waals surface area (Å²) in [4.78, 5) is 2.67. The van der Waals surface area contributed by atoms with Gasteiger partial charge in [-0.3, -0.25) is 0 Å². The Morgan fingerprint density at radius 1 is 0.920 bits per heavy atom. The Balaban J connectivity index is 1.47. The minimum absolute atomic E-state index is 0.352. The summed E-state index contributed by atoms with van der Waals surface area (Å²) in [5.41, 5.74) is 2.80. The Bertz CT molecular complexity index is 629. The highest BCUT2D eigenvalue weighted by Gasteiger charge is 2.25. The molecule has 2 heteroatoms. The van der Waals surface area contributed by atoms with E-state index in [0.29, 0.717) is 17.7 Å². The van der Waals surface area contributed by atoms with Crippen LogP contribution >= 0.6 is 0 Å². The molecule has 1 N–H and O–H groups in total. The molecule has 0 spiro atoms. The van der Waals surface area contributed by atoms with Gasteiger partial charge in [0.2, 0.25) is 0 Å². The lowest BCUT2D eigenvalue weighted by Crippen LogP contribution is -2.43. The topological polar surface area (TPSA) is 23.5 Å². The van der Waals surface area contributed by atoms with Crippen molar-refractivity contribution in [3.8, 4) is 5.75 Å². The molecule has 0 aromatic heterocycles. The van der Waals surface area contributed by atoms with Gasteiger partial charge < -0.3 is 10.0 Å². The van der Waals surface area contributed by atoms with Gasteiger partial charge in [-0.1, -0.05) is 49.4 Å². The summed E-state index contributed by atoms with van der Waals surface area (Å²) in [6.07, 6.45) is 4.92. The van der Waals surface area contributed by atoms with E-state index < -0.39 is 0 Å². The zero-order chi connectivity index (χ0) is 17.6. The average Bonchev–Trinajstić information content (AvgIpc) is 2.64. The van der Waals surface area contributed by atoms with Crippen molar-refractivity contribution in [2.45, 2.75) is 45.6 Å². The number of hydrogen-bond acceptors (Lipinski definition) is 2. The quantitative estimate of drug-likeness (QED) is 0.809. The van der Waals surface area contributed by atoms with Gasteiger partial charge >= 0.3 is 0 Å². The fourth-order valence-corrected chi connectivity index (χ4v) is 4.05. The largest absolute Gasteiger partial charge is 0.508 e. The molecule has 2 aromatic rings. The summed E-state index contributed by atoms with van der Waals surface area (Å²) in [5.74, 6) is 1.80. The molecule has 134 valence electrons. The number of hydrogen-bond donors (Lipinski definition) is 1. The van der Waals surface area contributed by atoms with Crippen molar-refractivity contribution in [2.75, 3.05) is 13.1 Å². The molecular formula is C23H31NO. The van der Waals surface area contributed by atoms with E-state index in [0.717, 1.165) is 12.3 Å². The standard InChI is InChI=1S/C23H31NO/c1-18(16-21-8-10-23(25)11-9-21)19(2)24-14-12-22(13-15-24)17-20-6-4-3-5-7-20/h3-11,18-19,22,25H,12-17H2,1-2H3. The van der Waals surface area contributed by atoms with Crippen LogP contribution in [0.2, 0.25) is 0 Å². The molecule has 1 saturated heterocycles. The molecule has 0 radical (unpaired) electrons. The number of benzene rings is 2. The third-order valence-electron chi connectivity index (χ3n) is 5.91. The van der Waals surface area contributed by atoms with Gasteiger partial charge in [0.05, 0.1) is 0 Å². The van der Waals surface area contributed by atoms with Crippen LogP contribution in [0.4, 0.5) is 0 Å². The maximum Gasteiger partial charge on any atom is 0.115 e. The SMILES string of the molecule is CC(Cc1ccc(O)cc1)C(C)N1CCC(Cc2ccccc2)CC1. The van der Waals surface area contributed by atoms with Gasteiger partial charge in [0.25, 0.3) is 0 Å². The van der Waals surface area contributed by atoms with E-state index in [9.17, 15) is 5.11 Å². The van der Waals surface area contributed by atoms with Gasteiger partial charge in [0.15, 0.2) is 0 Å². The van der Waals surface area contributed by atoms with Crippen molar-refractivity contribution < 1.29 is 5.11 Å². The normalized spacial score (nSPS) is 18.8. The first-order chi connectivity index (χ1) is 12.1. The van der Waals surface area contributed by atoms with Crippen LogP contribution in [0.1, 0.15) is 37.8 Å². The van der Waals surface area contributed by atoms with Crippen LogP contribution in [0.15, 0.2) is 54.6 Å². The summed E-state index contributed by atoms with van der Waals surface area (Å²) < 4.78 is 0. The molecule has 1 aliphatic heterocycles. The van der Waals surface area contributed by atoms with E-state index in [1.54, 1.807) is 12.1 Å². The summed E-state index contributed by atoms with van der Waals surface area (Å²) >= 11 is 0. The lowest BCUT2D eigenvalue weighted by molar-refractivity contribution is 0.109. The van der Waals surface area contributed by atoms with Gasteiger partial charge in [-0.05, 0) is 80.8 Å². The average molecular weight is 338 g/mol. The molecular weight excluding hydrogens is 306 g/mol. The third-order valence-corrected chi connectivity index (χ3v) is 5.91. The number of piperidine rings is 1. The Kier molecular flexibility index (Phi) is 6.14. The minimum atomic E-state index is 0.352. The molecule has 1 heterocycles. The van der Waals surface area contributed by atoms with Crippen molar-refractivity contribution in [1.29, 1.82) is 0 Å². The number of nitrogens with zero attached hydrogens (tertiary/aromatic N) is 1. The van der Waals surface area contributed by atoms with E-state index in [-0.39, 0.29) is 0 Å². The lowest BCUT2D eigenvalue weighted by atomic mass is 9.87. The number of aromatic hydroxyl groups is 1. The van der Waals surface area contributed by atoms with E-state index in [1.165, 1.54) is 43.5 Å². The van der Waals surface area contributed by atoms with E-state index in [2.05, 4.69) is 49.1 Å². The van der Waals surface area contributed by atoms with Crippen molar-refractivity contribution in [1.82, 2.24) is 4.90 Å². The van der Waals surface area contributed by atoms with Gasteiger partial charge in [0.1, 0.15) is 5.75 Å². The molecule has 1 aliphatic rings. The Labute approximate surface area is 152 Å². The summed E-state index contributed by atoms with van der Waals surface area (Å²) in [5, 5.41) is 9.43. The van der Waals surface area contributed by atoms with Crippen LogP contribution in [0.25, 0.3) is 0 Å². The first-order valence-corrected chi connectivity index (χ1v) is 9.67. The van der Waals surface area contributed by atoms with Crippen LogP contribution in [0, 0.1) is 11.8 Å². The first kappa shape index (κ1) is 18.0. The van der Waals surface area contributed by atoms with Crippen molar-refractivity contribution in [3.63, 3.8) is 0 Å². The van der Waals surface area contributed by atoms with Gasteiger partial charge in [-0.2, -0.15) is 0 Å². The Morgan fingerprint density at radius 3 is 2.20 bits per heavy atom. The highest BCUT2D eigenvalue weighted by Crippen LogP contribution is 2.26. The second-order valence-electron chi connectivity index (χ2n) is 7.76. The zero-order valence-corrected chi connectivity index (χ0v) is 15.6. The number of likely N-dealkylation sites (tertiary alicyclic amines) is 1. The Morgan fingerprint density at radius 2 is 1.56 bits per heavy atom. The Hall–Kier alpha value is -1.80. The van der Waals surface area contributed by atoms with Crippen molar-refractivity contribution >= 4 is 0 Å². The van der Waals surface area contributed by atoms with Crippen LogP contribution in [0.5, 0.6) is 5.75 Å². The highest BCUT2D eigenvalue weighted by molar-refractivity contribution is 5.26. The first-order valence-electron chi connectivity index (χ1n) is 9.67. The van der Waals surface area contributed by atoms with Crippen LogP contribution in [-0.4, -0.2) is 29.1 Å². The molecule has 25 heavy (non-hydrogen) atoms. The molecule has 2 aromatic carbocycles. The highest BCUT2D eigenvalue weighted by atomic mass is 16.3. The minimum Gasteiger partial charge on any atom is -0.508 e. The van der Waals surface area contributed by atoms with Gasteiger partial charge in [-0.15, -0.1) is 0 Å². The summed E-state index contributed by atoms with van der Waals surface area (Å²) in [7, 11) is 0. The lowest BCUT2D eigenvalue weighted by Gasteiger charge is -2.38. The maximum atomic E-state index is 9.43. The second kappa shape index (κ2) is 8.53. The summed E-state index contributed by atoms with van der Waals surface area (Å²) in [6.45, 7) is 7.17. The molecule has 0 amide bonds. The van der Waals surface area contributed by atoms with Crippen molar-refractivity contribution in [2.24, 2.45) is 11.8 Å². The molecule has 2 unspecified atom stereocenters. The molecule has 0 aliphatic carbocycles. The van der Waals surface area contributed by atoms with E-state index >= 15 is 0 Å². The summed E-state index contributed by atoms with van der Waals surface area (Å²) in [6, 6.07) is 19.2. The zero-order valence-electron chi connectivity index (χ0n) is 15.6. The van der Waals surface area contributed by atoms with E-state index in [4.69, 9.17) is 0 Å². The van der Waals surface area contributed by atoms with Crippen LogP contribution in [0.3, 0.4) is 0 Å². The number of phenols is 1. The van der Waals surface area contributed by atoms with Crippen LogP contribution in [-0.2, 0) is 12.8 Å². The fourth-order valence-electron chi connectivity index (χ4n) is 4.05. The molecule has 0 bridgehead atoms.